The summed E-state index contributed by atoms with van der Waals surface area (Å²) in [5.74, 6) is 1.85. The molecule has 0 bridgehead atoms. The van der Waals surface area contributed by atoms with Crippen molar-refractivity contribution in [2.75, 3.05) is 29.6 Å². The maximum atomic E-state index is 5.98. The molecule has 2 nitrogen and oxygen atoms in total. The number of thioether (sulfide) groups is 1. The van der Waals surface area contributed by atoms with E-state index in [1.54, 1.807) is 0 Å². The van der Waals surface area contributed by atoms with Crippen LogP contribution in [-0.4, -0.2) is 18.6 Å². The van der Waals surface area contributed by atoms with Crippen molar-refractivity contribution in [3.05, 3.63) is 23.8 Å². The van der Waals surface area contributed by atoms with Crippen LogP contribution in [0.2, 0.25) is 0 Å². The van der Waals surface area contributed by atoms with Crippen molar-refractivity contribution in [1.29, 1.82) is 0 Å². The monoisotopic (exact) mass is 224 g/mol. The van der Waals surface area contributed by atoms with Gasteiger partial charge < -0.3 is 11.1 Å². The molecule has 0 saturated carbocycles. The number of rotatable bonds is 5. The number of hydrogen-bond donors (Lipinski definition) is 2. The van der Waals surface area contributed by atoms with Crippen LogP contribution in [0.15, 0.2) is 18.2 Å². The van der Waals surface area contributed by atoms with E-state index in [4.69, 9.17) is 5.73 Å². The Balaban J connectivity index is 2.54. The van der Waals surface area contributed by atoms with Crippen LogP contribution in [0.5, 0.6) is 0 Å². The number of hydrogen-bond acceptors (Lipinski definition) is 3. The largest absolute Gasteiger partial charge is 0.397 e. The average molecular weight is 224 g/mol. The molecule has 15 heavy (non-hydrogen) atoms. The zero-order chi connectivity index (χ0) is 11.3. The zero-order valence-corrected chi connectivity index (χ0v) is 10.5. The summed E-state index contributed by atoms with van der Waals surface area (Å²) in [6, 6.07) is 6.10. The molecule has 1 aromatic rings. The second-order valence-corrected chi connectivity index (χ2v) is 4.89. The summed E-state index contributed by atoms with van der Waals surface area (Å²) in [7, 11) is 0. The Bertz CT molecular complexity index is 312. The molecule has 3 N–H and O–H groups in total. The molecule has 0 aliphatic heterocycles. The second-order valence-electron chi connectivity index (χ2n) is 3.98. The van der Waals surface area contributed by atoms with Gasteiger partial charge in [0.2, 0.25) is 0 Å². The van der Waals surface area contributed by atoms with Crippen molar-refractivity contribution in [2.45, 2.75) is 13.8 Å². The molecule has 0 aliphatic rings. The molecule has 0 amide bonds. The summed E-state index contributed by atoms with van der Waals surface area (Å²) in [5.41, 5.74) is 9.04. The van der Waals surface area contributed by atoms with E-state index in [0.717, 1.165) is 23.5 Å². The van der Waals surface area contributed by atoms with Crippen molar-refractivity contribution in [3.8, 4) is 0 Å². The van der Waals surface area contributed by atoms with Gasteiger partial charge in [-0.25, -0.2) is 0 Å². The van der Waals surface area contributed by atoms with E-state index in [1.165, 1.54) is 5.75 Å². The minimum Gasteiger partial charge on any atom is -0.397 e. The molecule has 0 aromatic heterocycles. The summed E-state index contributed by atoms with van der Waals surface area (Å²) in [5, 5.41) is 3.40. The van der Waals surface area contributed by atoms with Crippen molar-refractivity contribution in [1.82, 2.24) is 0 Å². The van der Waals surface area contributed by atoms with Crippen molar-refractivity contribution < 1.29 is 0 Å². The van der Waals surface area contributed by atoms with Crippen LogP contribution in [-0.2, 0) is 0 Å². The Morgan fingerprint density at radius 2 is 2.20 bits per heavy atom. The molecule has 1 aromatic carbocycles. The predicted molar refractivity (Wildman–Crippen MR) is 71.6 cm³/mol. The minimum atomic E-state index is 0.667. The third kappa shape index (κ3) is 3.67. The van der Waals surface area contributed by atoms with E-state index in [9.17, 15) is 0 Å². The number of anilines is 2. The van der Waals surface area contributed by atoms with Crippen LogP contribution < -0.4 is 11.1 Å². The summed E-state index contributed by atoms with van der Waals surface area (Å²) >= 11 is 1.88. The smallest absolute Gasteiger partial charge is 0.0579 e. The van der Waals surface area contributed by atoms with Gasteiger partial charge in [-0.3, -0.25) is 0 Å². The third-order valence-corrected chi connectivity index (χ3v) is 3.32. The zero-order valence-electron chi connectivity index (χ0n) is 9.71. The van der Waals surface area contributed by atoms with Gasteiger partial charge in [0.25, 0.3) is 0 Å². The lowest BCUT2D eigenvalue weighted by molar-refractivity contribution is 0.702. The Morgan fingerprint density at radius 1 is 1.47 bits per heavy atom. The van der Waals surface area contributed by atoms with E-state index >= 15 is 0 Å². The molecule has 1 atom stereocenters. The fraction of sp³-hybridized carbons (Fsp3) is 0.500. The number of nitrogens with one attached hydrogen (secondary N) is 1. The summed E-state index contributed by atoms with van der Waals surface area (Å²) in [6.07, 6.45) is 2.14. The van der Waals surface area contributed by atoms with E-state index in [1.807, 2.05) is 36.9 Å². The Kier molecular flexibility index (Phi) is 4.82. The molecule has 3 heteroatoms. The molecular weight excluding hydrogens is 204 g/mol. The van der Waals surface area contributed by atoms with Gasteiger partial charge in [-0.1, -0.05) is 19.1 Å². The first-order chi connectivity index (χ1) is 7.15. The molecule has 0 fully saturated rings. The Morgan fingerprint density at radius 3 is 2.87 bits per heavy atom. The van der Waals surface area contributed by atoms with Gasteiger partial charge in [-0.15, -0.1) is 0 Å². The molecule has 0 aliphatic carbocycles. The minimum absolute atomic E-state index is 0.667. The van der Waals surface area contributed by atoms with Gasteiger partial charge in [0, 0.05) is 6.54 Å². The maximum Gasteiger partial charge on any atom is 0.0579 e. The highest BCUT2D eigenvalue weighted by molar-refractivity contribution is 7.98. The molecular formula is C12H20N2S. The van der Waals surface area contributed by atoms with Crippen molar-refractivity contribution in [3.63, 3.8) is 0 Å². The average Bonchev–Trinajstić information content (AvgIpc) is 2.21. The van der Waals surface area contributed by atoms with Gasteiger partial charge in [0.15, 0.2) is 0 Å². The summed E-state index contributed by atoms with van der Waals surface area (Å²) in [6.45, 7) is 5.26. The van der Waals surface area contributed by atoms with Crippen LogP contribution >= 0.6 is 11.8 Å². The van der Waals surface area contributed by atoms with Gasteiger partial charge in [0.1, 0.15) is 0 Å². The fourth-order valence-corrected chi connectivity index (χ4v) is 2.15. The molecule has 84 valence electrons. The van der Waals surface area contributed by atoms with E-state index in [2.05, 4.69) is 18.5 Å². The summed E-state index contributed by atoms with van der Waals surface area (Å²) in [4.78, 5) is 0. The van der Waals surface area contributed by atoms with Crippen LogP contribution in [0.3, 0.4) is 0 Å². The lowest BCUT2D eigenvalue weighted by atomic mass is 10.1. The summed E-state index contributed by atoms with van der Waals surface area (Å²) < 4.78 is 0. The lowest BCUT2D eigenvalue weighted by Crippen LogP contribution is -2.14. The van der Waals surface area contributed by atoms with Crippen LogP contribution in [0.4, 0.5) is 11.4 Å². The predicted octanol–water partition coefficient (Wildman–Crippen LogP) is 2.99. The van der Waals surface area contributed by atoms with Crippen LogP contribution in [0, 0.1) is 12.8 Å². The van der Waals surface area contributed by atoms with Crippen molar-refractivity contribution >= 4 is 23.1 Å². The third-order valence-electron chi connectivity index (χ3n) is 2.42. The second kappa shape index (κ2) is 5.91. The molecule has 0 spiro atoms. The first-order valence-corrected chi connectivity index (χ1v) is 6.62. The molecule has 0 saturated heterocycles. The normalized spacial score (nSPS) is 12.5. The van der Waals surface area contributed by atoms with Gasteiger partial charge in [-0.05, 0) is 36.5 Å². The quantitative estimate of drug-likeness (QED) is 0.755. The first-order valence-electron chi connectivity index (χ1n) is 5.23. The number of nitrogens with two attached hydrogens (primary N) is 1. The van der Waals surface area contributed by atoms with Gasteiger partial charge in [-0.2, -0.15) is 11.8 Å². The number of aryl methyl sites for hydroxylation is 1. The molecule has 1 unspecified atom stereocenters. The number of benzene rings is 1. The van der Waals surface area contributed by atoms with Gasteiger partial charge in [0.05, 0.1) is 11.4 Å². The van der Waals surface area contributed by atoms with Crippen molar-refractivity contribution in [2.24, 2.45) is 5.92 Å². The van der Waals surface area contributed by atoms with E-state index in [0.29, 0.717) is 5.92 Å². The number of nitrogen functional groups attached to an aromatic ring is 1. The van der Waals surface area contributed by atoms with Gasteiger partial charge >= 0.3 is 0 Å². The Labute approximate surface area is 96.6 Å². The molecule has 1 rings (SSSR count). The SMILES string of the molecule is CSCC(C)CNc1cccc(C)c1N. The standard InChI is InChI=1S/C12H20N2S/c1-9(8-15-3)7-14-11-6-4-5-10(2)12(11)13/h4-6,9,14H,7-8,13H2,1-3H3. The number of para-hydroxylation sites is 1. The van der Waals surface area contributed by atoms with Crippen LogP contribution in [0.1, 0.15) is 12.5 Å². The fourth-order valence-electron chi connectivity index (χ4n) is 1.46. The highest BCUT2D eigenvalue weighted by atomic mass is 32.2. The molecule has 0 radical (unpaired) electrons. The highest BCUT2D eigenvalue weighted by Gasteiger charge is 2.03. The van der Waals surface area contributed by atoms with Crippen LogP contribution in [0.25, 0.3) is 0 Å². The first kappa shape index (κ1) is 12.2. The highest BCUT2D eigenvalue weighted by Crippen LogP contribution is 2.22. The molecule has 0 heterocycles. The van der Waals surface area contributed by atoms with E-state index in [-0.39, 0.29) is 0 Å². The Hall–Kier alpha value is -0.830. The maximum absolute atomic E-state index is 5.98. The topological polar surface area (TPSA) is 38.0 Å². The lowest BCUT2D eigenvalue weighted by Gasteiger charge is -2.14. The van der Waals surface area contributed by atoms with E-state index < -0.39 is 0 Å².